The fourth-order valence-electron chi connectivity index (χ4n) is 2.18. The second-order valence-electron chi connectivity index (χ2n) is 4.81. The molecule has 1 aromatic rings. The molecule has 0 aromatic carbocycles. The molecule has 17 heavy (non-hydrogen) atoms. The van der Waals surface area contributed by atoms with E-state index < -0.39 is 0 Å². The van der Waals surface area contributed by atoms with Gasteiger partial charge in [0.05, 0.1) is 18.7 Å². The van der Waals surface area contributed by atoms with Crippen LogP contribution in [0.4, 0.5) is 0 Å². The molecule has 0 spiro atoms. The van der Waals surface area contributed by atoms with Gasteiger partial charge in [-0.15, -0.1) is 0 Å². The molecule has 5 heteroatoms. The van der Waals surface area contributed by atoms with E-state index in [2.05, 4.69) is 22.7 Å². The molecule has 1 aliphatic heterocycles. The summed E-state index contributed by atoms with van der Waals surface area (Å²) in [5.74, 6) is 0.711. The van der Waals surface area contributed by atoms with Crippen molar-refractivity contribution in [3.05, 3.63) is 18.0 Å². The van der Waals surface area contributed by atoms with Crippen molar-refractivity contribution in [2.45, 2.75) is 20.4 Å². The van der Waals surface area contributed by atoms with Gasteiger partial charge in [0.1, 0.15) is 0 Å². The van der Waals surface area contributed by atoms with Gasteiger partial charge in [0.25, 0.3) is 0 Å². The molecule has 1 saturated heterocycles. The molecule has 1 aliphatic rings. The Morgan fingerprint density at radius 3 is 3.06 bits per heavy atom. The van der Waals surface area contributed by atoms with Crippen molar-refractivity contribution < 1.29 is 4.79 Å². The number of aromatic nitrogens is 2. The maximum Gasteiger partial charge on any atom is 0.224 e. The Hall–Kier alpha value is -1.36. The average Bonchev–Trinajstić information content (AvgIpc) is 2.87. The number of nitrogens with one attached hydrogen (secondary N) is 2. The maximum absolute atomic E-state index is 11.9. The van der Waals surface area contributed by atoms with Crippen LogP contribution in [0, 0.1) is 18.8 Å². The molecule has 5 nitrogen and oxygen atoms in total. The van der Waals surface area contributed by atoms with Crippen LogP contribution in [0.25, 0.3) is 0 Å². The predicted octanol–water partition coefficient (Wildman–Crippen LogP) is 0.163. The SMILES string of the molecule is Cc1cnn(CCNC(=O)[C@@H]2CNC[C@H]2C)c1. The molecule has 2 heterocycles. The topological polar surface area (TPSA) is 59.0 Å². The van der Waals surface area contributed by atoms with Crippen LogP contribution in [0.3, 0.4) is 0 Å². The summed E-state index contributed by atoms with van der Waals surface area (Å²) in [6.45, 7) is 7.23. The first-order valence-electron chi connectivity index (χ1n) is 6.14. The van der Waals surface area contributed by atoms with Gasteiger partial charge < -0.3 is 10.6 Å². The third-order valence-corrected chi connectivity index (χ3v) is 3.26. The van der Waals surface area contributed by atoms with E-state index in [1.165, 1.54) is 0 Å². The van der Waals surface area contributed by atoms with E-state index in [9.17, 15) is 4.79 Å². The zero-order valence-corrected chi connectivity index (χ0v) is 10.4. The summed E-state index contributed by atoms with van der Waals surface area (Å²) in [6.07, 6.45) is 3.80. The Labute approximate surface area is 102 Å². The van der Waals surface area contributed by atoms with E-state index in [1.807, 2.05) is 24.0 Å². The lowest BCUT2D eigenvalue weighted by atomic mass is 9.97. The minimum absolute atomic E-state index is 0.120. The highest BCUT2D eigenvalue weighted by atomic mass is 16.1. The number of hydrogen-bond donors (Lipinski definition) is 2. The zero-order valence-electron chi connectivity index (χ0n) is 10.4. The second kappa shape index (κ2) is 5.31. The number of carbonyl (C=O) groups is 1. The monoisotopic (exact) mass is 236 g/mol. The number of nitrogens with zero attached hydrogens (tertiary/aromatic N) is 2. The van der Waals surface area contributed by atoms with Crippen molar-refractivity contribution in [2.24, 2.45) is 11.8 Å². The second-order valence-corrected chi connectivity index (χ2v) is 4.81. The number of hydrogen-bond acceptors (Lipinski definition) is 3. The van der Waals surface area contributed by atoms with E-state index in [1.54, 1.807) is 0 Å². The molecule has 1 amide bonds. The van der Waals surface area contributed by atoms with Crippen molar-refractivity contribution in [1.82, 2.24) is 20.4 Å². The van der Waals surface area contributed by atoms with Gasteiger partial charge in [0.15, 0.2) is 0 Å². The molecule has 1 fully saturated rings. The third kappa shape index (κ3) is 3.06. The average molecular weight is 236 g/mol. The molecule has 2 atom stereocenters. The molecular formula is C12H20N4O. The molecule has 0 radical (unpaired) electrons. The van der Waals surface area contributed by atoms with Crippen LogP contribution in [0.2, 0.25) is 0 Å². The van der Waals surface area contributed by atoms with Crippen molar-refractivity contribution in [3.8, 4) is 0 Å². The van der Waals surface area contributed by atoms with Gasteiger partial charge in [0.2, 0.25) is 5.91 Å². The standard InChI is InChI=1S/C12H20N4O/c1-9-5-15-16(8-9)4-3-14-12(17)11-7-13-6-10(11)2/h5,8,10-11,13H,3-4,6-7H2,1-2H3,(H,14,17)/t10-,11-/m1/s1. The van der Waals surface area contributed by atoms with Gasteiger partial charge in [-0.05, 0) is 24.9 Å². The predicted molar refractivity (Wildman–Crippen MR) is 65.5 cm³/mol. The van der Waals surface area contributed by atoms with E-state index in [-0.39, 0.29) is 11.8 Å². The van der Waals surface area contributed by atoms with Crippen LogP contribution < -0.4 is 10.6 Å². The minimum Gasteiger partial charge on any atom is -0.354 e. The molecule has 0 aliphatic carbocycles. The lowest BCUT2D eigenvalue weighted by Crippen LogP contribution is -2.36. The molecular weight excluding hydrogens is 216 g/mol. The lowest BCUT2D eigenvalue weighted by molar-refractivity contribution is -0.125. The largest absolute Gasteiger partial charge is 0.354 e. The summed E-state index contributed by atoms with van der Waals surface area (Å²) in [5, 5.41) is 10.4. The molecule has 0 bridgehead atoms. The molecule has 1 aromatic heterocycles. The highest BCUT2D eigenvalue weighted by molar-refractivity contribution is 5.79. The van der Waals surface area contributed by atoms with Gasteiger partial charge in [-0.3, -0.25) is 9.48 Å². The number of amides is 1. The highest BCUT2D eigenvalue weighted by Gasteiger charge is 2.28. The Kier molecular flexibility index (Phi) is 3.78. The lowest BCUT2D eigenvalue weighted by Gasteiger charge is -2.14. The van der Waals surface area contributed by atoms with E-state index in [0.717, 1.165) is 25.2 Å². The van der Waals surface area contributed by atoms with Crippen LogP contribution in [0.15, 0.2) is 12.4 Å². The summed E-state index contributed by atoms with van der Waals surface area (Å²) in [4.78, 5) is 11.9. The van der Waals surface area contributed by atoms with E-state index >= 15 is 0 Å². The molecule has 94 valence electrons. The third-order valence-electron chi connectivity index (χ3n) is 3.26. The summed E-state index contributed by atoms with van der Waals surface area (Å²) in [5.41, 5.74) is 1.14. The fraction of sp³-hybridized carbons (Fsp3) is 0.667. The number of aryl methyl sites for hydroxylation is 1. The van der Waals surface area contributed by atoms with Crippen LogP contribution in [0.5, 0.6) is 0 Å². The van der Waals surface area contributed by atoms with Crippen molar-refractivity contribution >= 4 is 5.91 Å². The summed E-state index contributed by atoms with van der Waals surface area (Å²) in [6, 6.07) is 0. The summed E-state index contributed by atoms with van der Waals surface area (Å²) in [7, 11) is 0. The van der Waals surface area contributed by atoms with E-state index in [0.29, 0.717) is 12.5 Å². The van der Waals surface area contributed by atoms with Gasteiger partial charge in [-0.25, -0.2) is 0 Å². The fourth-order valence-corrected chi connectivity index (χ4v) is 2.18. The molecule has 2 N–H and O–H groups in total. The van der Waals surface area contributed by atoms with E-state index in [4.69, 9.17) is 0 Å². The van der Waals surface area contributed by atoms with Crippen molar-refractivity contribution in [2.75, 3.05) is 19.6 Å². The Balaban J connectivity index is 1.73. The smallest absolute Gasteiger partial charge is 0.224 e. The van der Waals surface area contributed by atoms with Crippen LogP contribution in [0.1, 0.15) is 12.5 Å². The van der Waals surface area contributed by atoms with Crippen LogP contribution in [-0.4, -0.2) is 35.3 Å². The number of rotatable bonds is 4. The van der Waals surface area contributed by atoms with Gasteiger partial charge >= 0.3 is 0 Å². The van der Waals surface area contributed by atoms with Crippen LogP contribution >= 0.6 is 0 Å². The summed E-state index contributed by atoms with van der Waals surface area (Å²) >= 11 is 0. The quantitative estimate of drug-likeness (QED) is 0.783. The first kappa shape index (κ1) is 12.1. The van der Waals surface area contributed by atoms with Crippen molar-refractivity contribution in [1.29, 1.82) is 0 Å². The maximum atomic E-state index is 11.9. The minimum atomic E-state index is 0.120. The normalized spacial score (nSPS) is 23.9. The van der Waals surface area contributed by atoms with Crippen molar-refractivity contribution in [3.63, 3.8) is 0 Å². The van der Waals surface area contributed by atoms with Gasteiger partial charge in [-0.2, -0.15) is 5.10 Å². The first-order chi connectivity index (χ1) is 8.16. The molecule has 0 unspecified atom stereocenters. The van der Waals surface area contributed by atoms with Gasteiger partial charge in [0, 0.05) is 19.3 Å². The Bertz CT molecular complexity index is 388. The summed E-state index contributed by atoms with van der Waals surface area (Å²) < 4.78 is 1.85. The first-order valence-corrected chi connectivity index (χ1v) is 6.14. The zero-order chi connectivity index (χ0) is 12.3. The highest BCUT2D eigenvalue weighted by Crippen LogP contribution is 2.15. The number of carbonyl (C=O) groups excluding carboxylic acids is 1. The Morgan fingerprint density at radius 2 is 2.47 bits per heavy atom. The van der Waals surface area contributed by atoms with Gasteiger partial charge in [-0.1, -0.05) is 6.92 Å². The van der Waals surface area contributed by atoms with Crippen LogP contribution in [-0.2, 0) is 11.3 Å². The molecule has 2 rings (SSSR count). The Morgan fingerprint density at radius 1 is 1.65 bits per heavy atom. The molecule has 0 saturated carbocycles.